The summed E-state index contributed by atoms with van der Waals surface area (Å²) < 4.78 is 0. The van der Waals surface area contributed by atoms with Crippen molar-refractivity contribution in [1.82, 2.24) is 10.2 Å². The Bertz CT molecular complexity index is 775. The van der Waals surface area contributed by atoms with Gasteiger partial charge in [0.1, 0.15) is 0 Å². The van der Waals surface area contributed by atoms with Crippen LogP contribution in [-0.4, -0.2) is 29.8 Å². The average Bonchev–Trinajstić information content (AvgIpc) is 2.60. The Morgan fingerprint density at radius 3 is 2.38 bits per heavy atom. The molecule has 0 bridgehead atoms. The number of hydrogen-bond acceptors (Lipinski definition) is 2. The molecule has 1 atom stereocenters. The Balaban J connectivity index is 1.76. The van der Waals surface area contributed by atoms with Gasteiger partial charge in [-0.25, -0.2) is 0 Å². The van der Waals surface area contributed by atoms with Gasteiger partial charge in [0.2, 0.25) is 5.91 Å². The van der Waals surface area contributed by atoms with Gasteiger partial charge in [0.05, 0.1) is 23.0 Å². The lowest BCUT2D eigenvalue weighted by atomic mass is 9.91. The van der Waals surface area contributed by atoms with Crippen LogP contribution in [-0.2, 0) is 4.79 Å². The molecule has 0 spiro atoms. The predicted molar refractivity (Wildman–Crippen MR) is 103 cm³/mol. The molecular formula is C21H23ClN2O2. The topological polar surface area (TPSA) is 49.4 Å². The second-order valence-electron chi connectivity index (χ2n) is 6.71. The summed E-state index contributed by atoms with van der Waals surface area (Å²) in [5.74, 6) is -0.230. The van der Waals surface area contributed by atoms with Crippen LogP contribution in [0.2, 0.25) is 5.02 Å². The zero-order valence-corrected chi connectivity index (χ0v) is 15.6. The van der Waals surface area contributed by atoms with Gasteiger partial charge in [0.25, 0.3) is 5.91 Å². The highest BCUT2D eigenvalue weighted by Crippen LogP contribution is 2.26. The van der Waals surface area contributed by atoms with E-state index in [4.69, 9.17) is 11.6 Å². The second kappa shape index (κ2) is 8.37. The minimum atomic E-state index is -0.394. The molecule has 1 saturated carbocycles. The summed E-state index contributed by atoms with van der Waals surface area (Å²) in [7, 11) is 1.85. The van der Waals surface area contributed by atoms with Crippen LogP contribution in [0.4, 0.5) is 0 Å². The van der Waals surface area contributed by atoms with Crippen LogP contribution < -0.4 is 5.32 Å². The van der Waals surface area contributed by atoms with Gasteiger partial charge >= 0.3 is 0 Å². The zero-order valence-electron chi connectivity index (χ0n) is 14.8. The van der Waals surface area contributed by atoms with Crippen LogP contribution in [0.15, 0.2) is 54.6 Å². The van der Waals surface area contributed by atoms with Gasteiger partial charge in [-0.2, -0.15) is 0 Å². The molecule has 0 radical (unpaired) electrons. The smallest absolute Gasteiger partial charge is 0.253 e. The summed E-state index contributed by atoms with van der Waals surface area (Å²) in [5, 5.41) is 3.38. The Labute approximate surface area is 159 Å². The minimum Gasteiger partial charge on any atom is -0.345 e. The van der Waals surface area contributed by atoms with E-state index < -0.39 is 6.04 Å². The average molecular weight is 371 g/mol. The molecule has 2 amide bonds. The van der Waals surface area contributed by atoms with E-state index in [1.807, 2.05) is 42.3 Å². The highest BCUT2D eigenvalue weighted by Gasteiger charge is 2.28. The fraction of sp³-hybridized carbons (Fsp3) is 0.333. The monoisotopic (exact) mass is 370 g/mol. The van der Waals surface area contributed by atoms with Crippen LogP contribution >= 0.6 is 11.6 Å². The molecule has 136 valence electrons. The van der Waals surface area contributed by atoms with Crippen molar-refractivity contribution in [3.63, 3.8) is 0 Å². The molecule has 2 aromatic carbocycles. The molecular weight excluding hydrogens is 348 g/mol. The number of amides is 2. The quantitative estimate of drug-likeness (QED) is 0.827. The van der Waals surface area contributed by atoms with Crippen LogP contribution in [0.25, 0.3) is 0 Å². The third-order valence-corrected chi connectivity index (χ3v) is 5.35. The number of nitrogens with zero attached hydrogens (tertiary/aromatic N) is 1. The Kier molecular flexibility index (Phi) is 5.94. The highest BCUT2D eigenvalue weighted by molar-refractivity contribution is 6.33. The van der Waals surface area contributed by atoms with E-state index in [2.05, 4.69) is 5.32 Å². The number of hydrogen-bond donors (Lipinski definition) is 1. The summed E-state index contributed by atoms with van der Waals surface area (Å²) in [6.45, 7) is 0. The third kappa shape index (κ3) is 4.25. The summed E-state index contributed by atoms with van der Waals surface area (Å²) in [5.41, 5.74) is 1.32. The first-order chi connectivity index (χ1) is 12.6. The van der Waals surface area contributed by atoms with E-state index in [9.17, 15) is 9.59 Å². The van der Waals surface area contributed by atoms with Crippen LogP contribution in [0, 0.1) is 0 Å². The maximum Gasteiger partial charge on any atom is 0.253 e. The van der Waals surface area contributed by atoms with Gasteiger partial charge < -0.3 is 10.2 Å². The highest BCUT2D eigenvalue weighted by atomic mass is 35.5. The number of carbonyl (C=O) groups excluding carboxylic acids is 2. The fourth-order valence-corrected chi connectivity index (χ4v) is 3.34. The summed E-state index contributed by atoms with van der Waals surface area (Å²) in [6.07, 6.45) is 3.52. The second-order valence-corrected chi connectivity index (χ2v) is 7.12. The van der Waals surface area contributed by atoms with Crippen molar-refractivity contribution >= 4 is 23.4 Å². The number of rotatable bonds is 6. The molecule has 1 fully saturated rings. The molecule has 26 heavy (non-hydrogen) atoms. The van der Waals surface area contributed by atoms with Crippen molar-refractivity contribution in [2.75, 3.05) is 7.05 Å². The normalized spacial score (nSPS) is 15.0. The van der Waals surface area contributed by atoms with E-state index in [0.717, 1.165) is 18.4 Å². The van der Waals surface area contributed by atoms with Gasteiger partial charge in [0, 0.05) is 13.1 Å². The zero-order chi connectivity index (χ0) is 18.5. The SMILES string of the molecule is CN(C(=O)CC(NC(=O)c1ccccc1Cl)c1ccccc1)C1CCC1. The van der Waals surface area contributed by atoms with Crippen LogP contribution in [0.5, 0.6) is 0 Å². The molecule has 0 saturated heterocycles. The Morgan fingerprint density at radius 2 is 1.77 bits per heavy atom. The van der Waals surface area contributed by atoms with E-state index >= 15 is 0 Å². The first-order valence-corrected chi connectivity index (χ1v) is 9.30. The first-order valence-electron chi connectivity index (χ1n) is 8.92. The van der Waals surface area contributed by atoms with Gasteiger partial charge in [-0.15, -0.1) is 0 Å². The Hall–Kier alpha value is -2.33. The van der Waals surface area contributed by atoms with Gasteiger partial charge in [-0.1, -0.05) is 54.1 Å². The van der Waals surface area contributed by atoms with Crippen molar-refractivity contribution in [2.24, 2.45) is 0 Å². The van der Waals surface area contributed by atoms with Gasteiger partial charge in [-0.05, 0) is 37.0 Å². The van der Waals surface area contributed by atoms with Crippen molar-refractivity contribution in [2.45, 2.75) is 37.8 Å². The van der Waals surface area contributed by atoms with Crippen molar-refractivity contribution in [3.05, 3.63) is 70.7 Å². The molecule has 1 N–H and O–H groups in total. The summed E-state index contributed by atoms with van der Waals surface area (Å²) in [6, 6.07) is 16.4. The Morgan fingerprint density at radius 1 is 1.12 bits per heavy atom. The van der Waals surface area contributed by atoms with E-state index in [1.54, 1.807) is 24.3 Å². The predicted octanol–water partition coefficient (Wildman–Crippen LogP) is 4.21. The lowest BCUT2D eigenvalue weighted by Crippen LogP contribution is -2.43. The van der Waals surface area contributed by atoms with E-state index in [1.165, 1.54) is 6.42 Å². The molecule has 1 aliphatic carbocycles. The van der Waals surface area contributed by atoms with Crippen LogP contribution in [0.3, 0.4) is 0 Å². The fourth-order valence-electron chi connectivity index (χ4n) is 3.12. The van der Waals surface area contributed by atoms with Crippen molar-refractivity contribution in [1.29, 1.82) is 0 Å². The van der Waals surface area contributed by atoms with Gasteiger partial charge in [-0.3, -0.25) is 9.59 Å². The lowest BCUT2D eigenvalue weighted by molar-refractivity contribution is -0.134. The van der Waals surface area contributed by atoms with E-state index in [0.29, 0.717) is 16.6 Å². The summed E-state index contributed by atoms with van der Waals surface area (Å²) >= 11 is 6.14. The first kappa shape index (κ1) is 18.5. The molecule has 1 unspecified atom stereocenters. The molecule has 0 aromatic heterocycles. The molecule has 2 aromatic rings. The molecule has 4 nitrogen and oxygen atoms in total. The number of nitrogens with one attached hydrogen (secondary N) is 1. The van der Waals surface area contributed by atoms with Crippen molar-refractivity contribution < 1.29 is 9.59 Å². The maximum absolute atomic E-state index is 12.7. The van der Waals surface area contributed by atoms with Crippen molar-refractivity contribution in [3.8, 4) is 0 Å². The standard InChI is InChI=1S/C21H23ClN2O2/c1-24(16-10-7-11-16)20(25)14-19(15-8-3-2-4-9-15)23-21(26)17-12-5-6-13-18(17)22/h2-6,8-9,12-13,16,19H,7,10-11,14H2,1H3,(H,23,26). The third-order valence-electron chi connectivity index (χ3n) is 5.02. The van der Waals surface area contributed by atoms with Crippen LogP contribution in [0.1, 0.15) is 47.6 Å². The summed E-state index contributed by atoms with van der Waals surface area (Å²) in [4.78, 5) is 27.2. The molecule has 0 aliphatic heterocycles. The maximum atomic E-state index is 12.7. The number of carbonyl (C=O) groups is 2. The molecule has 1 aliphatic rings. The number of benzene rings is 2. The molecule has 5 heteroatoms. The lowest BCUT2D eigenvalue weighted by Gasteiger charge is -2.35. The van der Waals surface area contributed by atoms with E-state index in [-0.39, 0.29) is 18.2 Å². The molecule has 0 heterocycles. The number of halogens is 1. The largest absolute Gasteiger partial charge is 0.345 e. The minimum absolute atomic E-state index is 0.0445. The van der Waals surface area contributed by atoms with Gasteiger partial charge in [0.15, 0.2) is 0 Å². The molecule has 3 rings (SSSR count).